The number of unbranched alkanes of at least 4 members (excludes halogenated alkanes) is 44. The second-order valence-electron chi connectivity index (χ2n) is 31.5. The molecule has 0 radical (unpaired) electrons. The lowest BCUT2D eigenvalue weighted by Crippen LogP contribution is -2.30. The number of hydrogen-bond acceptors (Lipinski definition) is 15. The van der Waals surface area contributed by atoms with Crippen molar-refractivity contribution in [2.45, 2.75) is 459 Å². The van der Waals surface area contributed by atoms with E-state index in [1.165, 1.54) is 238 Å². The lowest BCUT2D eigenvalue weighted by atomic mass is 9.99. The van der Waals surface area contributed by atoms with Crippen LogP contribution in [0, 0.1) is 23.7 Å². The molecule has 0 aromatic rings. The number of phosphoric acid groups is 2. The molecule has 0 rings (SSSR count). The number of phosphoric ester groups is 2. The number of ether oxygens (including phenoxy) is 4. The number of aliphatic hydroxyl groups is 1. The molecule has 618 valence electrons. The highest BCUT2D eigenvalue weighted by Crippen LogP contribution is 2.45. The van der Waals surface area contributed by atoms with Crippen LogP contribution < -0.4 is 0 Å². The highest BCUT2D eigenvalue weighted by molar-refractivity contribution is 7.47. The number of carbonyl (C=O) groups excluding carboxylic acids is 4. The zero-order valence-electron chi connectivity index (χ0n) is 68.7. The zero-order chi connectivity index (χ0) is 76.7. The van der Waals surface area contributed by atoms with E-state index in [1.54, 1.807) is 0 Å². The van der Waals surface area contributed by atoms with Crippen LogP contribution in [0.4, 0.5) is 0 Å². The van der Waals surface area contributed by atoms with Gasteiger partial charge in [-0.15, -0.1) is 0 Å². The highest BCUT2D eigenvalue weighted by Gasteiger charge is 2.31. The van der Waals surface area contributed by atoms with Crippen LogP contribution in [0.25, 0.3) is 0 Å². The van der Waals surface area contributed by atoms with E-state index >= 15 is 0 Å². The van der Waals surface area contributed by atoms with E-state index in [0.29, 0.717) is 25.7 Å². The predicted molar refractivity (Wildman–Crippen MR) is 428 cm³/mol. The second-order valence-corrected chi connectivity index (χ2v) is 34.4. The third-order valence-corrected chi connectivity index (χ3v) is 23.2. The van der Waals surface area contributed by atoms with Crippen molar-refractivity contribution in [1.29, 1.82) is 0 Å². The molecule has 19 heteroatoms. The topological polar surface area (TPSA) is 237 Å². The lowest BCUT2D eigenvalue weighted by molar-refractivity contribution is -0.161. The number of esters is 4. The molecule has 0 spiro atoms. The Morgan fingerprint density at radius 3 is 0.635 bits per heavy atom. The summed E-state index contributed by atoms with van der Waals surface area (Å²) in [6.07, 6.45) is 62.3. The summed E-state index contributed by atoms with van der Waals surface area (Å²) < 4.78 is 68.8. The van der Waals surface area contributed by atoms with Gasteiger partial charge in [-0.2, -0.15) is 0 Å². The van der Waals surface area contributed by atoms with Gasteiger partial charge in [-0.25, -0.2) is 9.13 Å². The van der Waals surface area contributed by atoms with Crippen molar-refractivity contribution in [1.82, 2.24) is 0 Å². The maximum absolute atomic E-state index is 13.1. The molecule has 17 nitrogen and oxygen atoms in total. The third-order valence-electron chi connectivity index (χ3n) is 21.3. The third kappa shape index (κ3) is 72.9. The Labute approximate surface area is 638 Å². The summed E-state index contributed by atoms with van der Waals surface area (Å²) in [5.41, 5.74) is 0. The fourth-order valence-electron chi connectivity index (χ4n) is 13.0. The van der Waals surface area contributed by atoms with Crippen molar-refractivity contribution in [2.24, 2.45) is 23.7 Å². The average molecular weight is 1520 g/mol. The largest absolute Gasteiger partial charge is 0.472 e. The molecular weight excluding hydrogens is 1350 g/mol. The maximum Gasteiger partial charge on any atom is 0.472 e. The summed E-state index contributed by atoms with van der Waals surface area (Å²) in [6.45, 7) is 14.4. The Morgan fingerprint density at radius 2 is 0.433 bits per heavy atom. The van der Waals surface area contributed by atoms with E-state index in [2.05, 4.69) is 55.4 Å². The van der Waals surface area contributed by atoms with E-state index in [9.17, 15) is 43.2 Å². The van der Waals surface area contributed by atoms with Gasteiger partial charge < -0.3 is 33.8 Å². The number of hydrogen-bond donors (Lipinski definition) is 3. The molecule has 0 saturated heterocycles. The van der Waals surface area contributed by atoms with Crippen LogP contribution in [0.3, 0.4) is 0 Å². The van der Waals surface area contributed by atoms with Gasteiger partial charge in [0, 0.05) is 25.7 Å². The highest BCUT2D eigenvalue weighted by atomic mass is 31.2. The van der Waals surface area contributed by atoms with Gasteiger partial charge in [0.05, 0.1) is 26.4 Å². The van der Waals surface area contributed by atoms with Crippen molar-refractivity contribution in [3.05, 3.63) is 0 Å². The van der Waals surface area contributed by atoms with Crippen molar-refractivity contribution < 1.29 is 80.2 Å². The zero-order valence-corrected chi connectivity index (χ0v) is 70.5. The first-order valence-corrected chi connectivity index (χ1v) is 46.8. The molecule has 9 atom stereocenters. The van der Waals surface area contributed by atoms with Crippen molar-refractivity contribution >= 4 is 39.5 Å². The molecule has 0 aromatic carbocycles. The van der Waals surface area contributed by atoms with E-state index in [4.69, 9.17) is 37.0 Å². The van der Waals surface area contributed by atoms with E-state index in [0.717, 1.165) is 120 Å². The van der Waals surface area contributed by atoms with Crippen molar-refractivity contribution in [2.75, 3.05) is 39.6 Å². The Morgan fingerprint density at radius 1 is 0.260 bits per heavy atom. The summed E-state index contributed by atoms with van der Waals surface area (Å²) >= 11 is 0. The number of aliphatic hydroxyl groups excluding tert-OH is 1. The Balaban J connectivity index is 5.21. The van der Waals surface area contributed by atoms with Gasteiger partial charge in [0.2, 0.25) is 0 Å². The van der Waals surface area contributed by atoms with Crippen LogP contribution in [-0.2, 0) is 65.4 Å². The van der Waals surface area contributed by atoms with Gasteiger partial charge in [-0.3, -0.25) is 37.3 Å². The molecule has 0 saturated carbocycles. The first kappa shape index (κ1) is 102. The van der Waals surface area contributed by atoms with Crippen LogP contribution in [0.1, 0.15) is 441 Å². The molecule has 0 bridgehead atoms. The fraction of sp³-hybridized carbons (Fsp3) is 0.953. The Bertz CT molecular complexity index is 2030. The molecule has 104 heavy (non-hydrogen) atoms. The molecule has 3 N–H and O–H groups in total. The van der Waals surface area contributed by atoms with Crippen molar-refractivity contribution in [3.63, 3.8) is 0 Å². The summed E-state index contributed by atoms with van der Waals surface area (Å²) in [6, 6.07) is 0. The molecule has 6 unspecified atom stereocenters. The first-order chi connectivity index (χ1) is 50.2. The second kappa shape index (κ2) is 73.8. The van der Waals surface area contributed by atoms with Gasteiger partial charge >= 0.3 is 39.5 Å². The summed E-state index contributed by atoms with van der Waals surface area (Å²) in [7, 11) is -9.93. The minimum atomic E-state index is -4.96. The monoisotopic (exact) mass is 1520 g/mol. The molecule has 0 aliphatic carbocycles. The predicted octanol–water partition coefficient (Wildman–Crippen LogP) is 25.6. The lowest BCUT2D eigenvalue weighted by Gasteiger charge is -2.21. The van der Waals surface area contributed by atoms with Gasteiger partial charge in [0.15, 0.2) is 12.2 Å². The molecular formula is C85H166O17P2. The van der Waals surface area contributed by atoms with E-state index in [-0.39, 0.29) is 25.7 Å². The van der Waals surface area contributed by atoms with Crippen LogP contribution in [0.15, 0.2) is 0 Å². The molecule has 0 aromatic heterocycles. The number of carbonyl (C=O) groups is 4. The Hall–Kier alpha value is -1.94. The standard InChI is InChI=1S/C85H166O17P2/c1-9-75(5)61-53-45-37-31-25-21-17-15-13-14-16-18-23-27-35-41-51-59-68-85(90)102-81(72-96-83(88)66-58-50-44-43-48-56-64-78(8)12-4)74-100-104(93,94)98-70-79(86)69-97-103(91,92)99-73-80(71-95-82(87)65-57-49-40-34-30-29-33-39-47-55-63-77(7)11-3)101-84(89)67-60-52-42-36-28-24-20-19-22-26-32-38-46-54-62-76(6)10-2/h75-81,86H,9-74H2,1-8H3,(H,91,92)(H,93,94)/t75?,76?,77?,78?,79-,80-,81-/m1/s1. The minimum Gasteiger partial charge on any atom is -0.462 e. The van der Waals surface area contributed by atoms with Crippen LogP contribution in [0.2, 0.25) is 0 Å². The van der Waals surface area contributed by atoms with Crippen LogP contribution >= 0.6 is 15.6 Å². The van der Waals surface area contributed by atoms with Crippen LogP contribution in [0.5, 0.6) is 0 Å². The van der Waals surface area contributed by atoms with Gasteiger partial charge in [-0.05, 0) is 49.4 Å². The molecule has 0 aliphatic rings. The molecule has 0 heterocycles. The molecule has 0 fully saturated rings. The summed E-state index contributed by atoms with van der Waals surface area (Å²) in [5, 5.41) is 10.7. The fourth-order valence-corrected chi connectivity index (χ4v) is 14.6. The maximum atomic E-state index is 13.1. The van der Waals surface area contributed by atoms with Gasteiger partial charge in [-0.1, -0.05) is 389 Å². The number of rotatable bonds is 82. The van der Waals surface area contributed by atoms with Gasteiger partial charge in [0.25, 0.3) is 0 Å². The minimum absolute atomic E-state index is 0.107. The van der Waals surface area contributed by atoms with Crippen LogP contribution in [-0.4, -0.2) is 96.7 Å². The van der Waals surface area contributed by atoms with E-state index < -0.39 is 97.5 Å². The van der Waals surface area contributed by atoms with E-state index in [1.807, 2.05) is 0 Å². The summed E-state index contributed by atoms with van der Waals surface area (Å²) in [4.78, 5) is 73.2. The quantitative estimate of drug-likeness (QED) is 0.0222. The van der Waals surface area contributed by atoms with Gasteiger partial charge in [0.1, 0.15) is 19.3 Å². The average Bonchev–Trinajstić information content (AvgIpc) is 0.920. The molecule has 0 aliphatic heterocycles. The smallest absolute Gasteiger partial charge is 0.462 e. The first-order valence-electron chi connectivity index (χ1n) is 43.9. The summed E-state index contributed by atoms with van der Waals surface area (Å²) in [5.74, 6) is 1.15. The normalized spacial score (nSPS) is 15.0. The van der Waals surface area contributed by atoms with Crippen molar-refractivity contribution in [3.8, 4) is 0 Å². The SMILES string of the molecule is CCC(C)CCCCCCCCCCCCCCCCCCCCC(=O)O[C@H](COC(=O)CCCCCCCCC(C)CC)COP(=O)(O)OC[C@H](O)COP(=O)(O)OC[C@@H](COC(=O)CCCCCCCCCCCCC(C)CC)OC(=O)CCCCCCCCCCCCCCCCC(C)CC. The Kier molecular flexibility index (Phi) is 72.5. The molecule has 0 amide bonds.